The van der Waals surface area contributed by atoms with E-state index in [0.717, 1.165) is 20.5 Å². The van der Waals surface area contributed by atoms with Crippen LogP contribution in [0.5, 0.6) is 5.75 Å². The number of benzene rings is 2. The van der Waals surface area contributed by atoms with E-state index in [9.17, 15) is 34.8 Å². The number of primary amides is 1. The van der Waals surface area contributed by atoms with Gasteiger partial charge in [-0.25, -0.2) is 0 Å². The van der Waals surface area contributed by atoms with Gasteiger partial charge in [-0.05, 0) is 73.6 Å². The second-order valence-corrected chi connectivity index (χ2v) is 12.0. The normalized spacial score (nSPS) is 30.3. The summed E-state index contributed by atoms with van der Waals surface area (Å²) >= 11 is 1.57. The van der Waals surface area contributed by atoms with Gasteiger partial charge in [0, 0.05) is 27.1 Å². The minimum Gasteiger partial charge on any atom is -0.507 e. The van der Waals surface area contributed by atoms with E-state index in [1.807, 2.05) is 30.3 Å². The number of aliphatic hydroxyl groups is 3. The number of carbonyl (C=O) groups is 3. The van der Waals surface area contributed by atoms with Gasteiger partial charge in [0.25, 0.3) is 0 Å². The van der Waals surface area contributed by atoms with Crippen LogP contribution in [0.25, 0.3) is 26.3 Å². The van der Waals surface area contributed by atoms with Crippen LogP contribution in [0, 0.1) is 17.8 Å². The van der Waals surface area contributed by atoms with Crippen molar-refractivity contribution >= 4 is 44.7 Å². The molecule has 0 aliphatic heterocycles. The summed E-state index contributed by atoms with van der Waals surface area (Å²) in [5, 5.41) is 46.0. The van der Waals surface area contributed by atoms with Crippen molar-refractivity contribution in [3.63, 3.8) is 0 Å². The number of Topliss-reactive ketones (excluding diaryl/α,β-unsaturated/α-hetero) is 2. The zero-order valence-corrected chi connectivity index (χ0v) is 22.1. The summed E-state index contributed by atoms with van der Waals surface area (Å²) < 4.78 is 1.08. The number of likely N-dealkylation sites (N-methyl/N-ethyl adjacent to an activating group) is 1. The molecule has 9 nitrogen and oxygen atoms in total. The Kier molecular flexibility index (Phi) is 5.74. The number of fused-ring (bicyclic) bond motifs is 4. The number of thiophene rings is 1. The van der Waals surface area contributed by atoms with Gasteiger partial charge in [-0.1, -0.05) is 18.2 Å². The summed E-state index contributed by atoms with van der Waals surface area (Å²) in [5.74, 6) is -7.48. The second-order valence-electron chi connectivity index (χ2n) is 10.9. The number of hydrogen-bond donors (Lipinski definition) is 5. The maximum absolute atomic E-state index is 14.0. The van der Waals surface area contributed by atoms with Gasteiger partial charge in [0.1, 0.15) is 17.4 Å². The summed E-state index contributed by atoms with van der Waals surface area (Å²) in [5.41, 5.74) is 4.16. The first-order chi connectivity index (χ1) is 18.5. The van der Waals surface area contributed by atoms with Crippen LogP contribution < -0.4 is 5.73 Å². The minimum atomic E-state index is -2.66. The average Bonchev–Trinajstić information content (AvgIpc) is 3.30. The molecular weight excluding hydrogens is 520 g/mol. The lowest BCUT2D eigenvalue weighted by atomic mass is 9.54. The smallest absolute Gasteiger partial charge is 0.230 e. The van der Waals surface area contributed by atoms with Crippen LogP contribution in [0.3, 0.4) is 0 Å². The Morgan fingerprint density at radius 1 is 1.13 bits per heavy atom. The molecule has 1 heterocycles. The lowest BCUT2D eigenvalue weighted by molar-refractivity contribution is -0.184. The van der Waals surface area contributed by atoms with Gasteiger partial charge in [0.05, 0.1) is 11.7 Å². The molecule has 2 aromatic carbocycles. The van der Waals surface area contributed by atoms with Crippen molar-refractivity contribution in [3.05, 3.63) is 59.2 Å². The molecule has 1 aromatic heterocycles. The maximum atomic E-state index is 14.0. The number of ketones is 2. The van der Waals surface area contributed by atoms with Gasteiger partial charge in [-0.2, -0.15) is 0 Å². The molecule has 6 rings (SSSR count). The summed E-state index contributed by atoms with van der Waals surface area (Å²) in [6.45, 7) is 0. The highest BCUT2D eigenvalue weighted by Gasteiger charge is 2.67. The van der Waals surface area contributed by atoms with Crippen molar-refractivity contribution in [1.29, 1.82) is 0 Å². The molecule has 0 radical (unpaired) electrons. The van der Waals surface area contributed by atoms with E-state index in [1.54, 1.807) is 36.4 Å². The van der Waals surface area contributed by atoms with Gasteiger partial charge in [-0.3, -0.25) is 14.4 Å². The van der Waals surface area contributed by atoms with Crippen LogP contribution in [0.15, 0.2) is 48.0 Å². The molecule has 6 atom stereocenters. The van der Waals surface area contributed by atoms with Crippen LogP contribution in [0.2, 0.25) is 0 Å². The van der Waals surface area contributed by atoms with Crippen molar-refractivity contribution in [2.75, 3.05) is 14.1 Å². The van der Waals surface area contributed by atoms with Crippen LogP contribution in [0.4, 0.5) is 0 Å². The van der Waals surface area contributed by atoms with Gasteiger partial charge >= 0.3 is 0 Å². The first-order valence-electron chi connectivity index (χ1n) is 12.7. The van der Waals surface area contributed by atoms with Crippen molar-refractivity contribution < 1.29 is 34.8 Å². The van der Waals surface area contributed by atoms with Crippen LogP contribution in [-0.2, 0) is 20.8 Å². The number of rotatable bonds is 3. The third-order valence-corrected chi connectivity index (χ3v) is 9.81. The highest BCUT2D eigenvalue weighted by Crippen LogP contribution is 2.53. The van der Waals surface area contributed by atoms with Crippen molar-refractivity contribution in [2.45, 2.75) is 30.6 Å². The molecule has 0 saturated heterocycles. The Bertz CT molecular complexity index is 1580. The molecule has 3 aromatic rings. The highest BCUT2D eigenvalue weighted by atomic mass is 32.1. The number of nitrogens with two attached hydrogens (primary N) is 1. The minimum absolute atomic E-state index is 0.0830. The Morgan fingerprint density at radius 2 is 1.85 bits per heavy atom. The van der Waals surface area contributed by atoms with Crippen LogP contribution in [-0.4, -0.2) is 74.6 Å². The van der Waals surface area contributed by atoms with E-state index < -0.39 is 58.7 Å². The quantitative estimate of drug-likeness (QED) is 0.311. The fourth-order valence-electron chi connectivity index (χ4n) is 6.95. The molecule has 2 saturated carbocycles. The number of phenolic OH excluding ortho intramolecular Hbond substituents is 1. The third kappa shape index (κ3) is 3.45. The average molecular weight is 549 g/mol. The first kappa shape index (κ1) is 25.7. The molecular formula is C29H28N2O7S. The molecule has 2 unspecified atom stereocenters. The Hall–Kier alpha value is -3.57. The van der Waals surface area contributed by atoms with Gasteiger partial charge in [0.2, 0.25) is 11.7 Å². The zero-order chi connectivity index (χ0) is 28.0. The maximum Gasteiger partial charge on any atom is 0.230 e. The first-order valence-corrected chi connectivity index (χ1v) is 13.5. The molecule has 6 N–H and O–H groups in total. The second kappa shape index (κ2) is 8.72. The number of amides is 1. The zero-order valence-electron chi connectivity index (χ0n) is 21.3. The van der Waals surface area contributed by atoms with Crippen LogP contribution >= 0.6 is 11.3 Å². The van der Waals surface area contributed by atoms with Gasteiger partial charge in [-0.15, -0.1) is 11.3 Å². The van der Waals surface area contributed by atoms with E-state index in [2.05, 4.69) is 0 Å². The lowest BCUT2D eigenvalue weighted by Crippen LogP contribution is -2.73. The fraction of sp³-hybridized carbons (Fsp3) is 0.345. The van der Waals surface area contributed by atoms with Crippen molar-refractivity contribution in [2.24, 2.45) is 23.5 Å². The topological polar surface area (TPSA) is 161 Å². The molecule has 3 aliphatic rings. The molecule has 10 heteroatoms. The summed E-state index contributed by atoms with van der Waals surface area (Å²) in [6.07, 6.45) is -1.18. The monoisotopic (exact) mass is 548 g/mol. The fourth-order valence-corrected chi connectivity index (χ4v) is 8.07. The van der Waals surface area contributed by atoms with E-state index in [-0.39, 0.29) is 29.7 Å². The number of aliphatic hydroxyl groups excluding tert-OH is 2. The number of carbonyl (C=O) groups excluding carboxylic acids is 3. The molecule has 202 valence electrons. The van der Waals surface area contributed by atoms with Crippen molar-refractivity contribution in [3.8, 4) is 16.2 Å². The molecule has 2 fully saturated rings. The Labute approximate surface area is 227 Å². The van der Waals surface area contributed by atoms with Gasteiger partial charge in [0.15, 0.2) is 11.4 Å². The highest BCUT2D eigenvalue weighted by molar-refractivity contribution is 7.22. The SMILES string of the molecule is CN(C)[C@H]1C(O)C(C(N)=O)C(=O)[C@]2(O)C(=O)C3=C(O)c4c(O)ccc(-c5cc6ccccc6s5)c4C[C@@H]3C[C@H]12. The third-order valence-electron chi connectivity index (χ3n) is 8.66. The molecule has 0 bridgehead atoms. The summed E-state index contributed by atoms with van der Waals surface area (Å²) in [4.78, 5) is 42.1. The van der Waals surface area contributed by atoms with E-state index in [4.69, 9.17) is 5.73 Å². The van der Waals surface area contributed by atoms with Crippen molar-refractivity contribution in [1.82, 2.24) is 4.90 Å². The molecule has 0 spiro atoms. The van der Waals surface area contributed by atoms with E-state index >= 15 is 0 Å². The Morgan fingerprint density at radius 3 is 2.51 bits per heavy atom. The predicted octanol–water partition coefficient (Wildman–Crippen LogP) is 2.01. The number of nitrogens with zero attached hydrogens (tertiary/aromatic N) is 1. The molecule has 3 aliphatic carbocycles. The molecule has 39 heavy (non-hydrogen) atoms. The summed E-state index contributed by atoms with van der Waals surface area (Å²) in [6, 6.07) is 12.3. The van der Waals surface area contributed by atoms with Crippen LogP contribution in [0.1, 0.15) is 17.5 Å². The Balaban J connectivity index is 1.53. The predicted molar refractivity (Wildman–Crippen MR) is 145 cm³/mol. The standard InChI is InChI=1S/C29H28N2O7S/c1-31(2)23-16-10-13-9-15-14(19-11-12-5-3-4-6-18(12)39-19)7-8-17(32)21(15)24(33)20(13)26(35)29(16,38)27(36)22(25(23)34)28(30)37/h3-8,11,13,16,22-23,25,32-34,38H,9-10H2,1-2H3,(H2,30,37)/t13-,16-,22?,23-,25?,29-/m1/s1. The van der Waals surface area contributed by atoms with Gasteiger partial charge < -0.3 is 31.1 Å². The van der Waals surface area contributed by atoms with E-state index in [1.165, 1.54) is 6.07 Å². The lowest BCUT2D eigenvalue weighted by Gasteiger charge is -2.53. The molecule has 1 amide bonds. The summed E-state index contributed by atoms with van der Waals surface area (Å²) in [7, 11) is 3.26. The number of phenols is 1. The largest absolute Gasteiger partial charge is 0.507 e. The number of aromatic hydroxyl groups is 1. The number of hydrogen-bond acceptors (Lipinski definition) is 9. The van der Waals surface area contributed by atoms with E-state index in [0.29, 0.717) is 5.56 Å².